The number of nitrogens with two attached hydrogens (primary N) is 1. The van der Waals surface area contributed by atoms with Crippen LogP contribution in [0.2, 0.25) is 0 Å². The van der Waals surface area contributed by atoms with Crippen molar-refractivity contribution in [2.75, 3.05) is 5.73 Å². The van der Waals surface area contributed by atoms with Gasteiger partial charge in [-0.2, -0.15) is 0 Å². The normalized spacial score (nSPS) is 10.4. The molecule has 90 valence electrons. The van der Waals surface area contributed by atoms with E-state index >= 15 is 0 Å². The lowest BCUT2D eigenvalue weighted by Gasteiger charge is -2.07. The minimum Gasteiger partial charge on any atom is -0.486 e. The molecule has 5 nitrogen and oxygen atoms in total. The van der Waals surface area contributed by atoms with Crippen molar-refractivity contribution in [1.29, 1.82) is 0 Å². The molecule has 17 heavy (non-hydrogen) atoms. The molecule has 1 aromatic heterocycles. The van der Waals surface area contributed by atoms with Gasteiger partial charge in [0.1, 0.15) is 18.7 Å². The van der Waals surface area contributed by atoms with Crippen molar-refractivity contribution in [3.05, 3.63) is 36.4 Å². The molecule has 0 saturated heterocycles. The Morgan fingerprint density at radius 1 is 1.29 bits per heavy atom. The van der Waals surface area contributed by atoms with Crippen LogP contribution in [0, 0.1) is 0 Å². The molecule has 0 saturated carbocycles. The molecule has 2 N–H and O–H groups in total. The fraction of sp³-hybridized carbons (Fsp3) is 0.333. The molecule has 2 rings (SSSR count). The van der Waals surface area contributed by atoms with E-state index < -0.39 is 0 Å². The van der Waals surface area contributed by atoms with Crippen LogP contribution in [0.3, 0.4) is 0 Å². The zero-order valence-electron chi connectivity index (χ0n) is 9.84. The minimum atomic E-state index is 0.421. The van der Waals surface area contributed by atoms with Gasteiger partial charge in [0, 0.05) is 12.2 Å². The molecule has 0 unspecified atom stereocenters. The van der Waals surface area contributed by atoms with Crippen LogP contribution in [0.15, 0.2) is 30.6 Å². The van der Waals surface area contributed by atoms with E-state index in [1.54, 1.807) is 6.33 Å². The standard InChI is InChI=1S/C12H16N4O/c1-2-7-16-9-14-15-12(16)8-17-11-5-3-10(13)4-6-11/h3-6,9H,2,7-8,13H2,1H3. The second kappa shape index (κ2) is 5.34. The smallest absolute Gasteiger partial charge is 0.170 e. The Bertz CT molecular complexity index is 464. The van der Waals surface area contributed by atoms with E-state index in [-0.39, 0.29) is 0 Å². The first-order valence-corrected chi connectivity index (χ1v) is 5.64. The Morgan fingerprint density at radius 3 is 2.76 bits per heavy atom. The van der Waals surface area contributed by atoms with Crippen LogP contribution in [-0.2, 0) is 13.2 Å². The quantitative estimate of drug-likeness (QED) is 0.799. The van der Waals surface area contributed by atoms with E-state index in [4.69, 9.17) is 10.5 Å². The zero-order chi connectivity index (χ0) is 12.1. The predicted molar refractivity (Wildman–Crippen MR) is 65.5 cm³/mol. The highest BCUT2D eigenvalue weighted by Crippen LogP contribution is 2.14. The number of ether oxygens (including phenoxy) is 1. The van der Waals surface area contributed by atoms with E-state index in [1.165, 1.54) is 0 Å². The summed E-state index contributed by atoms with van der Waals surface area (Å²) in [5.41, 5.74) is 6.33. The van der Waals surface area contributed by atoms with Crippen LogP contribution >= 0.6 is 0 Å². The number of benzene rings is 1. The predicted octanol–water partition coefficient (Wildman–Crippen LogP) is 1.85. The maximum atomic E-state index is 5.61. The van der Waals surface area contributed by atoms with Crippen molar-refractivity contribution in [1.82, 2.24) is 14.8 Å². The van der Waals surface area contributed by atoms with Crippen molar-refractivity contribution >= 4 is 5.69 Å². The maximum Gasteiger partial charge on any atom is 0.170 e. The molecule has 1 heterocycles. The number of anilines is 1. The summed E-state index contributed by atoms with van der Waals surface area (Å²) in [5, 5.41) is 7.91. The molecular weight excluding hydrogens is 216 g/mol. The van der Waals surface area contributed by atoms with Gasteiger partial charge in [0.05, 0.1) is 0 Å². The van der Waals surface area contributed by atoms with Gasteiger partial charge in [-0.15, -0.1) is 10.2 Å². The van der Waals surface area contributed by atoms with Gasteiger partial charge < -0.3 is 15.0 Å². The number of aryl methyl sites for hydroxylation is 1. The van der Waals surface area contributed by atoms with Crippen molar-refractivity contribution < 1.29 is 4.74 Å². The molecule has 0 radical (unpaired) electrons. The third-order valence-corrected chi connectivity index (χ3v) is 2.41. The second-order valence-corrected chi connectivity index (χ2v) is 3.80. The van der Waals surface area contributed by atoms with Gasteiger partial charge >= 0.3 is 0 Å². The Hall–Kier alpha value is -2.04. The largest absolute Gasteiger partial charge is 0.486 e. The Balaban J connectivity index is 1.97. The Kier molecular flexibility index (Phi) is 3.59. The van der Waals surface area contributed by atoms with E-state index in [2.05, 4.69) is 17.1 Å². The Morgan fingerprint density at radius 2 is 2.06 bits per heavy atom. The molecule has 0 atom stereocenters. The average molecular weight is 232 g/mol. The van der Waals surface area contributed by atoms with Crippen LogP contribution in [0.1, 0.15) is 19.2 Å². The minimum absolute atomic E-state index is 0.421. The fourth-order valence-corrected chi connectivity index (χ4v) is 1.53. The third-order valence-electron chi connectivity index (χ3n) is 2.41. The maximum absolute atomic E-state index is 5.61. The third kappa shape index (κ3) is 2.96. The first-order chi connectivity index (χ1) is 8.29. The zero-order valence-corrected chi connectivity index (χ0v) is 9.84. The molecule has 0 amide bonds. The van der Waals surface area contributed by atoms with Gasteiger partial charge in [-0.3, -0.25) is 0 Å². The molecule has 0 fully saturated rings. The molecule has 0 bridgehead atoms. The van der Waals surface area contributed by atoms with Crippen molar-refractivity contribution in [3.63, 3.8) is 0 Å². The summed E-state index contributed by atoms with van der Waals surface area (Å²) in [4.78, 5) is 0. The van der Waals surface area contributed by atoms with Crippen LogP contribution in [0.25, 0.3) is 0 Å². The van der Waals surface area contributed by atoms with Crippen LogP contribution in [0.4, 0.5) is 5.69 Å². The second-order valence-electron chi connectivity index (χ2n) is 3.80. The number of hydrogen-bond acceptors (Lipinski definition) is 4. The summed E-state index contributed by atoms with van der Waals surface area (Å²) in [5.74, 6) is 1.62. The molecule has 5 heteroatoms. The molecule has 1 aromatic carbocycles. The van der Waals surface area contributed by atoms with Gasteiger partial charge in [0.25, 0.3) is 0 Å². The highest BCUT2D eigenvalue weighted by Gasteiger charge is 2.04. The SMILES string of the molecule is CCCn1cnnc1COc1ccc(N)cc1. The first kappa shape index (κ1) is 11.4. The highest BCUT2D eigenvalue weighted by atomic mass is 16.5. The number of nitrogen functional groups attached to an aromatic ring is 1. The monoisotopic (exact) mass is 232 g/mol. The van der Waals surface area contributed by atoms with Crippen LogP contribution in [0.5, 0.6) is 5.75 Å². The summed E-state index contributed by atoms with van der Waals surface area (Å²) < 4.78 is 7.61. The lowest BCUT2D eigenvalue weighted by Crippen LogP contribution is -2.06. The van der Waals surface area contributed by atoms with Gasteiger partial charge in [-0.1, -0.05) is 6.92 Å². The van der Waals surface area contributed by atoms with Crippen molar-refractivity contribution in [2.45, 2.75) is 26.5 Å². The first-order valence-electron chi connectivity index (χ1n) is 5.64. The number of rotatable bonds is 5. The van der Waals surface area contributed by atoms with Crippen LogP contribution < -0.4 is 10.5 Å². The summed E-state index contributed by atoms with van der Waals surface area (Å²) in [6.45, 7) is 3.45. The lowest BCUT2D eigenvalue weighted by molar-refractivity contribution is 0.288. The molecule has 0 aliphatic rings. The van der Waals surface area contributed by atoms with Gasteiger partial charge in [0.2, 0.25) is 0 Å². The van der Waals surface area contributed by atoms with Gasteiger partial charge in [-0.25, -0.2) is 0 Å². The summed E-state index contributed by atoms with van der Waals surface area (Å²) in [6.07, 6.45) is 2.78. The Labute approximate surface area is 100 Å². The molecule has 0 aliphatic heterocycles. The summed E-state index contributed by atoms with van der Waals surface area (Å²) in [7, 11) is 0. The van der Waals surface area contributed by atoms with E-state index in [9.17, 15) is 0 Å². The topological polar surface area (TPSA) is 66.0 Å². The van der Waals surface area contributed by atoms with E-state index in [0.29, 0.717) is 6.61 Å². The van der Waals surface area contributed by atoms with E-state index in [0.717, 1.165) is 30.2 Å². The fourth-order valence-electron chi connectivity index (χ4n) is 1.53. The van der Waals surface area contributed by atoms with Crippen LogP contribution in [-0.4, -0.2) is 14.8 Å². The van der Waals surface area contributed by atoms with E-state index in [1.807, 2.05) is 28.8 Å². The average Bonchev–Trinajstić information content (AvgIpc) is 2.77. The molecule has 0 spiro atoms. The molecular formula is C12H16N4O. The number of nitrogens with zero attached hydrogens (tertiary/aromatic N) is 3. The number of aromatic nitrogens is 3. The summed E-state index contributed by atoms with van der Waals surface area (Å²) >= 11 is 0. The van der Waals surface area contributed by atoms with Crippen molar-refractivity contribution in [3.8, 4) is 5.75 Å². The van der Waals surface area contributed by atoms with Gasteiger partial charge in [-0.05, 0) is 30.7 Å². The number of hydrogen-bond donors (Lipinski definition) is 1. The lowest BCUT2D eigenvalue weighted by atomic mass is 10.3. The highest BCUT2D eigenvalue weighted by molar-refractivity contribution is 5.41. The molecule has 0 aliphatic carbocycles. The summed E-state index contributed by atoms with van der Waals surface area (Å²) in [6, 6.07) is 7.31. The molecule has 2 aromatic rings. The van der Waals surface area contributed by atoms with Gasteiger partial charge in [0.15, 0.2) is 5.82 Å². The van der Waals surface area contributed by atoms with Crippen molar-refractivity contribution in [2.24, 2.45) is 0 Å².